The summed E-state index contributed by atoms with van der Waals surface area (Å²) < 4.78 is 4.49. The second-order valence-corrected chi connectivity index (χ2v) is 2.22. The molecule has 1 atom stereocenters. The van der Waals surface area contributed by atoms with Crippen LogP contribution in [0.1, 0.15) is 17.4 Å². The van der Waals surface area contributed by atoms with Gasteiger partial charge in [0, 0.05) is 6.20 Å². The second-order valence-electron chi connectivity index (χ2n) is 2.22. The number of aromatic nitrogens is 1. The number of ether oxygens (including phenoxy) is 1. The lowest BCUT2D eigenvalue weighted by molar-refractivity contribution is -0.0527. The number of hydrogen-bond donors (Lipinski definition) is 1. The summed E-state index contributed by atoms with van der Waals surface area (Å²) in [5, 5.41) is 8.71. The van der Waals surface area contributed by atoms with E-state index in [0.29, 0.717) is 0 Å². The van der Waals surface area contributed by atoms with Crippen molar-refractivity contribution in [2.45, 2.75) is 13.2 Å². The van der Waals surface area contributed by atoms with Crippen LogP contribution < -0.4 is 0 Å². The highest BCUT2D eigenvalue weighted by Crippen LogP contribution is 1.98. The van der Waals surface area contributed by atoms with Gasteiger partial charge in [0.05, 0.1) is 0 Å². The minimum Gasteiger partial charge on any atom is -0.432 e. The van der Waals surface area contributed by atoms with Crippen LogP contribution in [0.5, 0.6) is 0 Å². The molecule has 1 aromatic heterocycles. The van der Waals surface area contributed by atoms with E-state index in [9.17, 15) is 4.79 Å². The summed E-state index contributed by atoms with van der Waals surface area (Å²) in [6.45, 7) is 1.36. The summed E-state index contributed by atoms with van der Waals surface area (Å²) in [6.07, 6.45) is 0.387. The van der Waals surface area contributed by atoms with Gasteiger partial charge < -0.3 is 9.84 Å². The molecule has 1 heterocycles. The van der Waals surface area contributed by atoms with Crippen LogP contribution in [0.15, 0.2) is 24.4 Å². The van der Waals surface area contributed by atoms with Crippen LogP contribution in [0.2, 0.25) is 0 Å². The van der Waals surface area contributed by atoms with Gasteiger partial charge in [-0.05, 0) is 19.1 Å². The summed E-state index contributed by atoms with van der Waals surface area (Å²) in [5.41, 5.74) is 0.193. The van der Waals surface area contributed by atoms with E-state index in [0.717, 1.165) is 0 Å². The number of halogens is 1. The van der Waals surface area contributed by atoms with Crippen LogP contribution >= 0.6 is 12.4 Å². The fourth-order valence-electron chi connectivity index (χ4n) is 0.699. The number of nitrogens with zero attached hydrogens (tertiary/aromatic N) is 1. The number of carbonyl (C=O) groups excluding carboxylic acids is 1. The number of aliphatic hydroxyl groups is 1. The maximum absolute atomic E-state index is 11.0. The SMILES string of the molecule is CC(O)OC(=O)c1ccccn1.Cl. The molecular weight excluding hydrogens is 194 g/mol. The molecule has 0 spiro atoms. The van der Waals surface area contributed by atoms with Crippen molar-refractivity contribution in [3.8, 4) is 0 Å². The van der Waals surface area contributed by atoms with Crippen LogP contribution in [0.25, 0.3) is 0 Å². The summed E-state index contributed by atoms with van der Waals surface area (Å²) >= 11 is 0. The van der Waals surface area contributed by atoms with Gasteiger partial charge >= 0.3 is 5.97 Å². The average molecular weight is 204 g/mol. The number of carbonyl (C=O) groups is 1. The Morgan fingerprint density at radius 3 is 2.77 bits per heavy atom. The van der Waals surface area contributed by atoms with E-state index >= 15 is 0 Å². The van der Waals surface area contributed by atoms with Crippen molar-refractivity contribution in [3.63, 3.8) is 0 Å². The molecule has 1 N–H and O–H groups in total. The van der Waals surface area contributed by atoms with Gasteiger partial charge in [-0.25, -0.2) is 9.78 Å². The molecule has 0 amide bonds. The maximum Gasteiger partial charge on any atom is 0.359 e. The first-order chi connectivity index (χ1) is 5.70. The minimum atomic E-state index is -1.10. The Balaban J connectivity index is 0.00000144. The number of hydrogen-bond acceptors (Lipinski definition) is 4. The highest BCUT2D eigenvalue weighted by molar-refractivity contribution is 5.87. The normalized spacial score (nSPS) is 11.2. The van der Waals surface area contributed by atoms with Gasteiger partial charge in [-0.2, -0.15) is 0 Å². The topological polar surface area (TPSA) is 59.4 Å². The highest BCUT2D eigenvalue weighted by Gasteiger charge is 2.09. The lowest BCUT2D eigenvalue weighted by Gasteiger charge is -2.04. The van der Waals surface area contributed by atoms with Gasteiger partial charge in [0.25, 0.3) is 0 Å². The van der Waals surface area contributed by atoms with Gasteiger partial charge in [0.15, 0.2) is 6.29 Å². The van der Waals surface area contributed by atoms with Gasteiger partial charge in [-0.3, -0.25) is 0 Å². The van der Waals surface area contributed by atoms with Crippen LogP contribution in [-0.4, -0.2) is 22.3 Å². The Labute approximate surface area is 82.0 Å². The van der Waals surface area contributed by atoms with Crippen molar-refractivity contribution in [2.24, 2.45) is 0 Å². The highest BCUT2D eigenvalue weighted by atomic mass is 35.5. The Hall–Kier alpha value is -1.13. The molecule has 0 fully saturated rings. The summed E-state index contributed by atoms with van der Waals surface area (Å²) in [4.78, 5) is 14.8. The number of rotatable bonds is 2. The zero-order valence-corrected chi connectivity index (χ0v) is 7.82. The molecule has 5 heteroatoms. The smallest absolute Gasteiger partial charge is 0.359 e. The predicted molar refractivity (Wildman–Crippen MR) is 48.6 cm³/mol. The maximum atomic E-state index is 11.0. The van der Waals surface area contributed by atoms with E-state index in [2.05, 4.69) is 9.72 Å². The molecular formula is C8H10ClNO3. The molecule has 0 aliphatic heterocycles. The third-order valence-electron chi connectivity index (χ3n) is 1.15. The van der Waals surface area contributed by atoms with Gasteiger partial charge in [0.2, 0.25) is 0 Å². The minimum absolute atomic E-state index is 0. The Morgan fingerprint density at radius 2 is 2.31 bits per heavy atom. The van der Waals surface area contributed by atoms with Gasteiger partial charge in [-0.1, -0.05) is 6.07 Å². The second kappa shape index (κ2) is 5.50. The van der Waals surface area contributed by atoms with Gasteiger partial charge in [-0.15, -0.1) is 12.4 Å². The number of esters is 1. The molecule has 0 aliphatic rings. The summed E-state index contributed by atoms with van der Waals surface area (Å²) in [6, 6.07) is 4.88. The van der Waals surface area contributed by atoms with Crippen LogP contribution in [-0.2, 0) is 4.74 Å². The predicted octanol–water partition coefficient (Wildman–Crippen LogP) is 0.998. The van der Waals surface area contributed by atoms with E-state index in [1.54, 1.807) is 12.1 Å². The molecule has 13 heavy (non-hydrogen) atoms. The molecule has 0 aromatic carbocycles. The van der Waals surface area contributed by atoms with E-state index in [1.807, 2.05) is 0 Å². The third kappa shape index (κ3) is 3.87. The van der Waals surface area contributed by atoms with Crippen LogP contribution in [0, 0.1) is 0 Å². The molecule has 0 radical (unpaired) electrons. The first kappa shape index (κ1) is 11.9. The molecule has 0 aliphatic carbocycles. The standard InChI is InChI=1S/C8H9NO3.ClH/c1-6(10)12-8(11)7-4-2-3-5-9-7;/h2-6,10H,1H3;1H. The van der Waals surface area contributed by atoms with E-state index in [4.69, 9.17) is 5.11 Å². The summed E-state index contributed by atoms with van der Waals surface area (Å²) in [5.74, 6) is -0.620. The van der Waals surface area contributed by atoms with E-state index < -0.39 is 12.3 Å². The van der Waals surface area contributed by atoms with Crippen molar-refractivity contribution in [1.82, 2.24) is 4.98 Å². The zero-order valence-electron chi connectivity index (χ0n) is 7.01. The Kier molecular flexibility index (Phi) is 5.03. The zero-order chi connectivity index (χ0) is 8.97. The van der Waals surface area contributed by atoms with Crippen molar-refractivity contribution >= 4 is 18.4 Å². The monoisotopic (exact) mass is 203 g/mol. The Morgan fingerprint density at radius 1 is 1.62 bits per heavy atom. The Bertz CT molecular complexity index is 263. The van der Waals surface area contributed by atoms with Crippen molar-refractivity contribution in [3.05, 3.63) is 30.1 Å². The lowest BCUT2D eigenvalue weighted by Crippen LogP contribution is -2.14. The third-order valence-corrected chi connectivity index (χ3v) is 1.15. The molecule has 1 unspecified atom stereocenters. The first-order valence-electron chi connectivity index (χ1n) is 3.50. The van der Waals surface area contributed by atoms with E-state index in [-0.39, 0.29) is 18.1 Å². The fraction of sp³-hybridized carbons (Fsp3) is 0.250. The average Bonchev–Trinajstić information content (AvgIpc) is 2.05. The van der Waals surface area contributed by atoms with Crippen LogP contribution in [0.3, 0.4) is 0 Å². The molecule has 1 rings (SSSR count). The van der Waals surface area contributed by atoms with E-state index in [1.165, 1.54) is 19.2 Å². The summed E-state index contributed by atoms with van der Waals surface area (Å²) in [7, 11) is 0. The van der Waals surface area contributed by atoms with Crippen molar-refractivity contribution in [2.75, 3.05) is 0 Å². The molecule has 0 saturated heterocycles. The molecule has 0 bridgehead atoms. The fourth-order valence-corrected chi connectivity index (χ4v) is 0.699. The van der Waals surface area contributed by atoms with Crippen molar-refractivity contribution in [1.29, 1.82) is 0 Å². The largest absolute Gasteiger partial charge is 0.432 e. The van der Waals surface area contributed by atoms with Crippen molar-refractivity contribution < 1.29 is 14.6 Å². The molecule has 4 nitrogen and oxygen atoms in total. The molecule has 72 valence electrons. The number of pyridine rings is 1. The lowest BCUT2D eigenvalue weighted by atomic mass is 10.3. The molecule has 0 saturated carbocycles. The quantitative estimate of drug-likeness (QED) is 0.576. The molecule has 1 aromatic rings. The first-order valence-corrected chi connectivity index (χ1v) is 3.50. The van der Waals surface area contributed by atoms with Crippen LogP contribution in [0.4, 0.5) is 0 Å². The number of aliphatic hydroxyl groups excluding tert-OH is 1. The van der Waals surface area contributed by atoms with Gasteiger partial charge in [0.1, 0.15) is 5.69 Å².